The molecule has 0 aliphatic carbocycles. The Kier molecular flexibility index (Phi) is 8.19. The SMILES string of the molecule is C/C(=N\OC(C)O)C(=O)c1ccccc1Sc1ccc(C(=O)OCCO)cc1. The van der Waals surface area contributed by atoms with Crippen LogP contribution < -0.4 is 0 Å². The second-order valence-corrected chi connectivity index (χ2v) is 6.81. The molecule has 0 saturated heterocycles. The van der Waals surface area contributed by atoms with Gasteiger partial charge >= 0.3 is 5.97 Å². The molecule has 0 saturated carbocycles. The molecule has 148 valence electrons. The number of nitrogens with zero attached hydrogens (tertiary/aromatic N) is 1. The number of esters is 1. The van der Waals surface area contributed by atoms with Crippen molar-refractivity contribution in [3.63, 3.8) is 0 Å². The number of rotatable bonds is 9. The molecule has 0 spiro atoms. The van der Waals surface area contributed by atoms with Gasteiger partial charge in [0.1, 0.15) is 12.3 Å². The number of hydrogen-bond donors (Lipinski definition) is 2. The monoisotopic (exact) mass is 403 g/mol. The molecule has 2 rings (SSSR count). The molecule has 2 N–H and O–H groups in total. The van der Waals surface area contributed by atoms with Gasteiger partial charge in [0.15, 0.2) is 0 Å². The maximum atomic E-state index is 12.6. The fourth-order valence-corrected chi connectivity index (χ4v) is 3.09. The van der Waals surface area contributed by atoms with Crippen molar-refractivity contribution in [1.82, 2.24) is 0 Å². The molecule has 0 aromatic heterocycles. The number of Topliss-reactive ketones (excluding diaryl/α,β-unsaturated/α-hetero) is 1. The quantitative estimate of drug-likeness (QED) is 0.218. The minimum atomic E-state index is -1.10. The van der Waals surface area contributed by atoms with Crippen LogP contribution in [0.1, 0.15) is 34.6 Å². The number of benzene rings is 2. The lowest BCUT2D eigenvalue weighted by molar-refractivity contribution is -0.0836. The molecule has 0 fully saturated rings. The maximum Gasteiger partial charge on any atom is 0.338 e. The lowest BCUT2D eigenvalue weighted by Crippen LogP contribution is -2.14. The van der Waals surface area contributed by atoms with Crippen LogP contribution in [0.25, 0.3) is 0 Å². The highest BCUT2D eigenvalue weighted by atomic mass is 32.2. The van der Waals surface area contributed by atoms with Crippen molar-refractivity contribution in [2.24, 2.45) is 5.16 Å². The van der Waals surface area contributed by atoms with Crippen LogP contribution in [-0.2, 0) is 9.57 Å². The van der Waals surface area contributed by atoms with E-state index in [4.69, 9.17) is 19.8 Å². The van der Waals surface area contributed by atoms with E-state index in [1.54, 1.807) is 36.4 Å². The van der Waals surface area contributed by atoms with Crippen molar-refractivity contribution in [2.45, 2.75) is 29.9 Å². The Hall–Kier alpha value is -2.68. The number of aliphatic hydroxyl groups excluding tert-OH is 2. The van der Waals surface area contributed by atoms with Crippen LogP contribution in [0, 0.1) is 0 Å². The van der Waals surface area contributed by atoms with Gasteiger partial charge in [-0.3, -0.25) is 4.79 Å². The Morgan fingerprint density at radius 1 is 1.14 bits per heavy atom. The van der Waals surface area contributed by atoms with Crippen LogP contribution in [0.4, 0.5) is 0 Å². The molecule has 0 aliphatic heterocycles. The van der Waals surface area contributed by atoms with E-state index in [1.807, 2.05) is 12.1 Å². The zero-order valence-electron chi connectivity index (χ0n) is 15.5. The van der Waals surface area contributed by atoms with E-state index >= 15 is 0 Å². The summed E-state index contributed by atoms with van der Waals surface area (Å²) in [6.07, 6.45) is -1.10. The molecule has 28 heavy (non-hydrogen) atoms. The van der Waals surface area contributed by atoms with Crippen LogP contribution in [0.2, 0.25) is 0 Å². The Balaban J connectivity index is 2.16. The largest absolute Gasteiger partial charge is 0.460 e. The van der Waals surface area contributed by atoms with E-state index in [9.17, 15) is 9.59 Å². The standard InChI is InChI=1S/C20H21NO6S/c1-13(21-27-14(2)23)19(24)17-5-3-4-6-18(17)28-16-9-7-15(8-10-16)20(25)26-12-11-22/h3-10,14,22-23H,11-12H2,1-2H3/b21-13+. The predicted molar refractivity (Wildman–Crippen MR) is 105 cm³/mol. The van der Waals surface area contributed by atoms with Crippen molar-refractivity contribution >= 4 is 29.2 Å². The summed E-state index contributed by atoms with van der Waals surface area (Å²) >= 11 is 1.36. The third-order valence-corrected chi connectivity index (χ3v) is 4.53. The molecule has 2 aromatic carbocycles. The minimum absolute atomic E-state index is 0.0511. The summed E-state index contributed by atoms with van der Waals surface area (Å²) in [7, 11) is 0. The Labute approximate surface area is 167 Å². The lowest BCUT2D eigenvalue weighted by Gasteiger charge is -2.09. The molecule has 1 unspecified atom stereocenters. The van der Waals surface area contributed by atoms with Gasteiger partial charge in [0.05, 0.1) is 12.2 Å². The number of carbonyl (C=O) groups excluding carboxylic acids is 2. The third-order valence-electron chi connectivity index (χ3n) is 3.44. The molecule has 1 atom stereocenters. The van der Waals surface area contributed by atoms with Crippen molar-refractivity contribution in [3.05, 3.63) is 59.7 Å². The summed E-state index contributed by atoms with van der Waals surface area (Å²) in [5.74, 6) is -0.820. The molecule has 0 radical (unpaired) electrons. The zero-order valence-corrected chi connectivity index (χ0v) is 16.3. The van der Waals surface area contributed by atoms with Gasteiger partial charge in [-0.2, -0.15) is 0 Å². The van der Waals surface area contributed by atoms with Crippen LogP contribution in [0.5, 0.6) is 0 Å². The van der Waals surface area contributed by atoms with Gasteiger partial charge < -0.3 is 19.8 Å². The van der Waals surface area contributed by atoms with Crippen molar-refractivity contribution in [2.75, 3.05) is 13.2 Å². The minimum Gasteiger partial charge on any atom is -0.460 e. The number of oxime groups is 1. The second-order valence-electron chi connectivity index (χ2n) is 5.69. The number of aliphatic hydroxyl groups is 2. The van der Waals surface area contributed by atoms with E-state index in [2.05, 4.69) is 5.16 Å². The van der Waals surface area contributed by atoms with Crippen LogP contribution >= 0.6 is 11.8 Å². The van der Waals surface area contributed by atoms with E-state index < -0.39 is 12.3 Å². The van der Waals surface area contributed by atoms with E-state index in [0.717, 1.165) is 9.79 Å². The summed E-state index contributed by atoms with van der Waals surface area (Å²) in [5, 5.41) is 21.5. The first-order valence-electron chi connectivity index (χ1n) is 8.50. The number of ether oxygens (including phenoxy) is 1. The number of carbonyl (C=O) groups is 2. The first-order chi connectivity index (χ1) is 13.4. The maximum absolute atomic E-state index is 12.6. The Morgan fingerprint density at radius 2 is 1.82 bits per heavy atom. The summed E-state index contributed by atoms with van der Waals surface area (Å²) in [6.45, 7) is 2.63. The second kappa shape index (κ2) is 10.6. The van der Waals surface area contributed by atoms with Gasteiger partial charge in [0.25, 0.3) is 0 Å². The number of ketones is 1. The van der Waals surface area contributed by atoms with E-state index in [1.165, 1.54) is 25.6 Å². The van der Waals surface area contributed by atoms with Gasteiger partial charge in [-0.1, -0.05) is 29.1 Å². The Bertz CT molecular complexity index is 848. The topological polar surface area (TPSA) is 105 Å². The van der Waals surface area contributed by atoms with Crippen LogP contribution in [-0.4, -0.2) is 47.2 Å². The van der Waals surface area contributed by atoms with Gasteiger partial charge in [-0.25, -0.2) is 4.79 Å². The van der Waals surface area contributed by atoms with Gasteiger partial charge in [-0.05, 0) is 43.3 Å². The van der Waals surface area contributed by atoms with E-state index in [-0.39, 0.29) is 24.7 Å². The van der Waals surface area contributed by atoms with Crippen molar-refractivity contribution in [1.29, 1.82) is 0 Å². The first kappa shape index (κ1) is 21.6. The number of hydrogen-bond acceptors (Lipinski definition) is 8. The average molecular weight is 403 g/mol. The van der Waals surface area contributed by atoms with Gasteiger partial charge in [-0.15, -0.1) is 0 Å². The highest BCUT2D eigenvalue weighted by Gasteiger charge is 2.16. The molecule has 2 aromatic rings. The van der Waals surface area contributed by atoms with Crippen molar-refractivity contribution in [3.8, 4) is 0 Å². The predicted octanol–water partition coefficient (Wildman–Crippen LogP) is 2.90. The van der Waals surface area contributed by atoms with Gasteiger partial charge in [0.2, 0.25) is 12.1 Å². The van der Waals surface area contributed by atoms with E-state index in [0.29, 0.717) is 11.1 Å². The summed E-state index contributed by atoms with van der Waals surface area (Å²) in [6, 6.07) is 13.8. The molecule has 7 nitrogen and oxygen atoms in total. The molecular weight excluding hydrogens is 382 g/mol. The van der Waals surface area contributed by atoms with Crippen molar-refractivity contribution < 1.29 is 29.4 Å². The Morgan fingerprint density at radius 3 is 2.46 bits per heavy atom. The summed E-state index contributed by atoms with van der Waals surface area (Å²) in [4.78, 5) is 30.7. The fraction of sp³-hybridized carbons (Fsp3) is 0.250. The fourth-order valence-electron chi connectivity index (χ4n) is 2.14. The summed E-state index contributed by atoms with van der Waals surface area (Å²) < 4.78 is 4.87. The highest BCUT2D eigenvalue weighted by Crippen LogP contribution is 2.31. The third kappa shape index (κ3) is 6.19. The normalized spacial score (nSPS) is 12.4. The molecule has 8 heteroatoms. The molecule has 0 bridgehead atoms. The average Bonchev–Trinajstić information content (AvgIpc) is 2.70. The van der Waals surface area contributed by atoms with Crippen LogP contribution in [0.3, 0.4) is 0 Å². The smallest absolute Gasteiger partial charge is 0.338 e. The molecule has 0 amide bonds. The van der Waals surface area contributed by atoms with Gasteiger partial charge in [0, 0.05) is 22.3 Å². The highest BCUT2D eigenvalue weighted by molar-refractivity contribution is 7.99. The summed E-state index contributed by atoms with van der Waals surface area (Å²) in [5.41, 5.74) is 0.950. The molecule has 0 heterocycles. The van der Waals surface area contributed by atoms with Crippen LogP contribution in [0.15, 0.2) is 63.5 Å². The molecule has 0 aliphatic rings. The first-order valence-corrected chi connectivity index (χ1v) is 9.32. The zero-order chi connectivity index (χ0) is 20.5. The lowest BCUT2D eigenvalue weighted by atomic mass is 10.1. The molecular formula is C20H21NO6S.